The first-order valence-corrected chi connectivity index (χ1v) is 5.95. The van der Waals surface area contributed by atoms with Crippen LogP contribution in [0.1, 0.15) is 29.6 Å². The summed E-state index contributed by atoms with van der Waals surface area (Å²) in [4.78, 5) is 22.3. The van der Waals surface area contributed by atoms with Crippen LogP contribution in [0.4, 0.5) is 5.69 Å². The lowest BCUT2D eigenvalue weighted by Crippen LogP contribution is -2.12. The summed E-state index contributed by atoms with van der Waals surface area (Å²) in [7, 11) is 0. The molecule has 18 heavy (non-hydrogen) atoms. The van der Waals surface area contributed by atoms with E-state index in [0.717, 1.165) is 12.8 Å². The lowest BCUT2D eigenvalue weighted by Gasteiger charge is -2.06. The van der Waals surface area contributed by atoms with Gasteiger partial charge < -0.3 is 16.2 Å². The Bertz CT molecular complexity index is 449. The predicted octanol–water partition coefficient (Wildman–Crippen LogP) is 2.11. The molecule has 0 bridgehead atoms. The molecule has 1 amide bonds. The average Bonchev–Trinajstić information content (AvgIpc) is 2.28. The van der Waals surface area contributed by atoms with Gasteiger partial charge in [0.1, 0.15) is 0 Å². The number of amides is 1. The van der Waals surface area contributed by atoms with Gasteiger partial charge in [-0.25, -0.2) is 4.79 Å². The molecule has 0 aliphatic rings. The molecule has 0 aliphatic heterocycles. The van der Waals surface area contributed by atoms with E-state index in [1.54, 1.807) is 0 Å². The number of benzene rings is 1. The number of halogens is 1. The van der Waals surface area contributed by atoms with E-state index >= 15 is 0 Å². The van der Waals surface area contributed by atoms with E-state index in [1.165, 1.54) is 18.2 Å². The first kappa shape index (κ1) is 14.5. The van der Waals surface area contributed by atoms with Crippen LogP contribution in [-0.4, -0.2) is 23.5 Å². The van der Waals surface area contributed by atoms with Crippen LogP contribution >= 0.6 is 11.6 Å². The monoisotopic (exact) mass is 270 g/mol. The largest absolute Gasteiger partial charge is 0.478 e. The Kier molecular flexibility index (Phi) is 5.61. The van der Waals surface area contributed by atoms with Crippen molar-refractivity contribution in [1.82, 2.24) is 0 Å². The maximum atomic E-state index is 11.5. The minimum Gasteiger partial charge on any atom is -0.478 e. The van der Waals surface area contributed by atoms with Crippen molar-refractivity contribution in [3.05, 3.63) is 28.8 Å². The topological polar surface area (TPSA) is 92.4 Å². The number of anilines is 1. The zero-order valence-corrected chi connectivity index (χ0v) is 10.5. The molecule has 0 aliphatic carbocycles. The Morgan fingerprint density at radius 2 is 2.06 bits per heavy atom. The van der Waals surface area contributed by atoms with Gasteiger partial charge in [-0.05, 0) is 37.6 Å². The van der Waals surface area contributed by atoms with Crippen LogP contribution in [-0.2, 0) is 4.79 Å². The Labute approximate surface area is 110 Å². The summed E-state index contributed by atoms with van der Waals surface area (Å²) in [5, 5.41) is 11.5. The lowest BCUT2D eigenvalue weighted by atomic mass is 10.2. The summed E-state index contributed by atoms with van der Waals surface area (Å²) in [5.74, 6) is -1.23. The van der Waals surface area contributed by atoms with Gasteiger partial charge in [-0.3, -0.25) is 4.79 Å². The Morgan fingerprint density at radius 3 is 2.61 bits per heavy atom. The van der Waals surface area contributed by atoms with Crippen LogP contribution in [0, 0.1) is 0 Å². The number of carbonyl (C=O) groups excluding carboxylic acids is 1. The molecule has 6 heteroatoms. The third-order valence-corrected chi connectivity index (χ3v) is 2.65. The number of carbonyl (C=O) groups is 2. The molecule has 4 N–H and O–H groups in total. The second-order valence-electron chi connectivity index (χ2n) is 3.79. The van der Waals surface area contributed by atoms with Gasteiger partial charge in [-0.1, -0.05) is 11.6 Å². The highest BCUT2D eigenvalue weighted by molar-refractivity contribution is 6.33. The number of hydrogen-bond donors (Lipinski definition) is 3. The fourth-order valence-corrected chi connectivity index (χ4v) is 1.68. The van der Waals surface area contributed by atoms with Gasteiger partial charge in [0.05, 0.1) is 10.6 Å². The molecular formula is C12H15ClN2O3. The maximum Gasteiger partial charge on any atom is 0.337 e. The molecule has 0 fully saturated rings. The van der Waals surface area contributed by atoms with E-state index in [-0.39, 0.29) is 16.5 Å². The number of unbranched alkanes of at least 4 members (excludes halogenated alkanes) is 1. The Morgan fingerprint density at radius 1 is 1.33 bits per heavy atom. The minimum absolute atomic E-state index is 0.0118. The lowest BCUT2D eigenvalue weighted by molar-refractivity contribution is -0.116. The molecular weight excluding hydrogens is 256 g/mol. The SMILES string of the molecule is NCCCCC(=O)Nc1ccc(C(=O)O)c(Cl)c1. The molecule has 1 rings (SSSR count). The van der Waals surface area contributed by atoms with Crippen LogP contribution in [0.2, 0.25) is 5.02 Å². The van der Waals surface area contributed by atoms with E-state index in [1.807, 2.05) is 0 Å². The van der Waals surface area contributed by atoms with Crippen LogP contribution in [0.5, 0.6) is 0 Å². The number of nitrogens with one attached hydrogen (secondary N) is 1. The summed E-state index contributed by atoms with van der Waals surface area (Å²) in [6, 6.07) is 4.29. The summed E-state index contributed by atoms with van der Waals surface area (Å²) in [5.41, 5.74) is 5.83. The second-order valence-corrected chi connectivity index (χ2v) is 4.20. The zero-order valence-electron chi connectivity index (χ0n) is 9.78. The molecule has 1 aromatic rings. The molecule has 0 saturated carbocycles. The van der Waals surface area contributed by atoms with Gasteiger partial charge in [0.25, 0.3) is 0 Å². The second kappa shape index (κ2) is 6.98. The third-order valence-electron chi connectivity index (χ3n) is 2.34. The van der Waals surface area contributed by atoms with Crippen molar-refractivity contribution in [1.29, 1.82) is 0 Å². The standard InChI is InChI=1S/C12H15ClN2O3/c13-10-7-8(4-5-9(10)12(17)18)15-11(16)3-1-2-6-14/h4-5,7H,1-3,6,14H2,(H,15,16)(H,17,18). The molecule has 0 atom stereocenters. The highest BCUT2D eigenvalue weighted by Crippen LogP contribution is 2.21. The summed E-state index contributed by atoms with van der Waals surface area (Å²) in [6.45, 7) is 0.562. The highest BCUT2D eigenvalue weighted by Gasteiger charge is 2.10. The number of carboxylic acids is 1. The number of hydrogen-bond acceptors (Lipinski definition) is 3. The van der Waals surface area contributed by atoms with Crippen molar-refractivity contribution >= 4 is 29.2 Å². The van der Waals surface area contributed by atoms with Crippen molar-refractivity contribution < 1.29 is 14.7 Å². The molecule has 0 spiro atoms. The van der Waals surface area contributed by atoms with E-state index < -0.39 is 5.97 Å². The number of nitrogens with two attached hydrogens (primary N) is 1. The number of carboxylic acid groups (broad SMARTS) is 1. The third kappa shape index (κ3) is 4.35. The molecule has 98 valence electrons. The van der Waals surface area contributed by atoms with Crippen molar-refractivity contribution in [2.45, 2.75) is 19.3 Å². The predicted molar refractivity (Wildman–Crippen MR) is 69.9 cm³/mol. The van der Waals surface area contributed by atoms with E-state index in [0.29, 0.717) is 18.7 Å². The molecule has 5 nitrogen and oxygen atoms in total. The zero-order chi connectivity index (χ0) is 13.5. The van der Waals surface area contributed by atoms with Crippen molar-refractivity contribution in [3.8, 4) is 0 Å². The van der Waals surface area contributed by atoms with E-state index in [4.69, 9.17) is 22.4 Å². The summed E-state index contributed by atoms with van der Waals surface area (Å²) >= 11 is 5.79. The smallest absolute Gasteiger partial charge is 0.337 e. The normalized spacial score (nSPS) is 10.1. The van der Waals surface area contributed by atoms with E-state index in [9.17, 15) is 9.59 Å². The van der Waals surface area contributed by atoms with Gasteiger partial charge in [0.2, 0.25) is 5.91 Å². The summed E-state index contributed by atoms with van der Waals surface area (Å²) in [6.07, 6.45) is 1.91. The molecule has 0 heterocycles. The summed E-state index contributed by atoms with van der Waals surface area (Å²) < 4.78 is 0. The van der Waals surface area contributed by atoms with Gasteiger partial charge in [0, 0.05) is 12.1 Å². The fraction of sp³-hybridized carbons (Fsp3) is 0.333. The van der Waals surface area contributed by atoms with Crippen LogP contribution in [0.3, 0.4) is 0 Å². The fourth-order valence-electron chi connectivity index (χ4n) is 1.42. The highest BCUT2D eigenvalue weighted by atomic mass is 35.5. The van der Waals surface area contributed by atoms with Crippen molar-refractivity contribution in [2.24, 2.45) is 5.73 Å². The molecule has 1 aromatic carbocycles. The first-order chi connectivity index (χ1) is 8.54. The average molecular weight is 271 g/mol. The first-order valence-electron chi connectivity index (χ1n) is 5.57. The van der Waals surface area contributed by atoms with Gasteiger partial charge in [0.15, 0.2) is 0 Å². The molecule has 0 aromatic heterocycles. The minimum atomic E-state index is -1.10. The van der Waals surface area contributed by atoms with E-state index in [2.05, 4.69) is 5.32 Å². The van der Waals surface area contributed by atoms with Crippen molar-refractivity contribution in [2.75, 3.05) is 11.9 Å². The molecule has 0 saturated heterocycles. The maximum absolute atomic E-state index is 11.5. The molecule has 0 unspecified atom stereocenters. The van der Waals surface area contributed by atoms with Crippen LogP contribution in [0.25, 0.3) is 0 Å². The van der Waals surface area contributed by atoms with Gasteiger partial charge in [-0.2, -0.15) is 0 Å². The van der Waals surface area contributed by atoms with Crippen LogP contribution in [0.15, 0.2) is 18.2 Å². The quantitative estimate of drug-likeness (QED) is 0.690. The Hall–Kier alpha value is -1.59. The number of rotatable bonds is 6. The molecule has 0 radical (unpaired) electrons. The van der Waals surface area contributed by atoms with Crippen LogP contribution < -0.4 is 11.1 Å². The Balaban J connectivity index is 2.60. The van der Waals surface area contributed by atoms with Gasteiger partial charge >= 0.3 is 5.97 Å². The number of aromatic carboxylic acids is 1. The van der Waals surface area contributed by atoms with Gasteiger partial charge in [-0.15, -0.1) is 0 Å². The van der Waals surface area contributed by atoms with Crippen molar-refractivity contribution in [3.63, 3.8) is 0 Å².